The van der Waals surface area contributed by atoms with Gasteiger partial charge in [-0.15, -0.1) is 0 Å². The van der Waals surface area contributed by atoms with E-state index in [0.29, 0.717) is 17.9 Å². The van der Waals surface area contributed by atoms with E-state index in [-0.39, 0.29) is 5.92 Å². The maximum absolute atomic E-state index is 5.70. The van der Waals surface area contributed by atoms with Crippen LogP contribution in [-0.2, 0) is 0 Å². The van der Waals surface area contributed by atoms with Crippen LogP contribution < -0.4 is 11.1 Å². The van der Waals surface area contributed by atoms with Crippen molar-refractivity contribution in [3.05, 3.63) is 5.82 Å². The van der Waals surface area contributed by atoms with Gasteiger partial charge in [0, 0.05) is 12.0 Å². The molecule has 5 heteroatoms. The van der Waals surface area contributed by atoms with Gasteiger partial charge in [-0.2, -0.15) is 15.0 Å². The molecule has 1 heterocycles. The summed E-state index contributed by atoms with van der Waals surface area (Å²) >= 11 is 0. The molecule has 0 aromatic carbocycles. The Morgan fingerprint density at radius 1 is 1.12 bits per heavy atom. The summed E-state index contributed by atoms with van der Waals surface area (Å²) in [7, 11) is 0. The second kappa shape index (κ2) is 5.29. The number of nitrogen functional groups attached to an aromatic ring is 1. The third-order valence-electron chi connectivity index (χ3n) is 3.12. The van der Waals surface area contributed by atoms with Gasteiger partial charge >= 0.3 is 0 Å². The van der Waals surface area contributed by atoms with Crippen molar-refractivity contribution in [1.29, 1.82) is 0 Å². The Bertz CT molecular complexity index is 371. The summed E-state index contributed by atoms with van der Waals surface area (Å²) in [4.78, 5) is 12.7. The smallest absolute Gasteiger partial charge is 0.227 e. The van der Waals surface area contributed by atoms with Gasteiger partial charge < -0.3 is 11.1 Å². The zero-order valence-electron chi connectivity index (χ0n) is 10.6. The summed E-state index contributed by atoms with van der Waals surface area (Å²) in [6, 6.07) is 0.491. The van der Waals surface area contributed by atoms with E-state index >= 15 is 0 Å². The maximum atomic E-state index is 5.70. The molecular formula is C12H21N5. The summed E-state index contributed by atoms with van der Waals surface area (Å²) < 4.78 is 0. The SMILES string of the molecule is CC(C)c1nc(N)nc(NC2CCCCC2)n1. The third kappa shape index (κ3) is 3.28. The first-order valence-electron chi connectivity index (χ1n) is 6.43. The second-order valence-corrected chi connectivity index (χ2v) is 5.01. The predicted octanol–water partition coefficient (Wildman–Crippen LogP) is 2.32. The quantitative estimate of drug-likeness (QED) is 0.840. The van der Waals surface area contributed by atoms with E-state index in [0.717, 1.165) is 5.82 Å². The highest BCUT2D eigenvalue weighted by Crippen LogP contribution is 2.21. The van der Waals surface area contributed by atoms with Crippen molar-refractivity contribution >= 4 is 11.9 Å². The van der Waals surface area contributed by atoms with E-state index in [1.807, 2.05) is 0 Å². The van der Waals surface area contributed by atoms with E-state index in [1.54, 1.807) is 0 Å². The number of anilines is 2. The van der Waals surface area contributed by atoms with Crippen molar-refractivity contribution in [1.82, 2.24) is 15.0 Å². The molecule has 0 saturated heterocycles. The van der Waals surface area contributed by atoms with Gasteiger partial charge in [-0.1, -0.05) is 33.1 Å². The molecule has 17 heavy (non-hydrogen) atoms. The third-order valence-corrected chi connectivity index (χ3v) is 3.12. The molecule has 0 atom stereocenters. The first-order valence-corrected chi connectivity index (χ1v) is 6.43. The maximum Gasteiger partial charge on any atom is 0.227 e. The van der Waals surface area contributed by atoms with Crippen LogP contribution in [0.2, 0.25) is 0 Å². The lowest BCUT2D eigenvalue weighted by molar-refractivity contribution is 0.460. The fourth-order valence-electron chi connectivity index (χ4n) is 2.16. The molecule has 3 N–H and O–H groups in total. The Morgan fingerprint density at radius 2 is 1.82 bits per heavy atom. The van der Waals surface area contributed by atoms with Crippen LogP contribution in [-0.4, -0.2) is 21.0 Å². The van der Waals surface area contributed by atoms with Crippen LogP contribution in [0.15, 0.2) is 0 Å². The number of nitrogens with one attached hydrogen (secondary N) is 1. The molecule has 1 fully saturated rings. The Morgan fingerprint density at radius 3 is 2.47 bits per heavy atom. The Kier molecular flexibility index (Phi) is 3.76. The van der Waals surface area contributed by atoms with Crippen molar-refractivity contribution in [2.45, 2.75) is 57.9 Å². The van der Waals surface area contributed by atoms with Gasteiger partial charge in [0.2, 0.25) is 11.9 Å². The van der Waals surface area contributed by atoms with Crippen molar-refractivity contribution in [3.63, 3.8) is 0 Å². The molecule has 94 valence electrons. The van der Waals surface area contributed by atoms with Gasteiger partial charge in [0.1, 0.15) is 5.82 Å². The predicted molar refractivity (Wildman–Crippen MR) is 68.8 cm³/mol. The van der Waals surface area contributed by atoms with Crippen molar-refractivity contribution in [3.8, 4) is 0 Å². The van der Waals surface area contributed by atoms with Crippen LogP contribution in [0.5, 0.6) is 0 Å². The van der Waals surface area contributed by atoms with Crippen molar-refractivity contribution < 1.29 is 0 Å². The monoisotopic (exact) mass is 235 g/mol. The standard InChI is InChI=1S/C12H21N5/c1-8(2)10-15-11(13)17-12(16-10)14-9-6-4-3-5-7-9/h8-9H,3-7H2,1-2H3,(H3,13,14,15,16,17). The number of rotatable bonds is 3. The molecule has 0 bridgehead atoms. The molecule has 0 amide bonds. The first kappa shape index (κ1) is 12.1. The highest BCUT2D eigenvalue weighted by Gasteiger charge is 2.15. The molecular weight excluding hydrogens is 214 g/mol. The summed E-state index contributed by atoms with van der Waals surface area (Å²) in [5, 5.41) is 3.37. The lowest BCUT2D eigenvalue weighted by atomic mass is 9.96. The average molecular weight is 235 g/mol. The molecule has 1 aliphatic rings. The van der Waals surface area contributed by atoms with Crippen LogP contribution in [0, 0.1) is 0 Å². The van der Waals surface area contributed by atoms with E-state index < -0.39 is 0 Å². The highest BCUT2D eigenvalue weighted by molar-refractivity contribution is 5.32. The summed E-state index contributed by atoms with van der Waals surface area (Å²) in [5.41, 5.74) is 5.70. The lowest BCUT2D eigenvalue weighted by Crippen LogP contribution is -2.24. The number of aromatic nitrogens is 3. The summed E-state index contributed by atoms with van der Waals surface area (Å²) in [6.07, 6.45) is 6.31. The minimum Gasteiger partial charge on any atom is -0.368 e. The lowest BCUT2D eigenvalue weighted by Gasteiger charge is -2.22. The number of hydrogen-bond donors (Lipinski definition) is 2. The van der Waals surface area contributed by atoms with Gasteiger partial charge in [0.25, 0.3) is 0 Å². The Hall–Kier alpha value is -1.39. The Balaban J connectivity index is 2.09. The summed E-state index contributed by atoms with van der Waals surface area (Å²) in [5.74, 6) is 1.97. The molecule has 0 aliphatic heterocycles. The Labute approximate surface area is 102 Å². The van der Waals surface area contributed by atoms with Crippen LogP contribution in [0.1, 0.15) is 57.7 Å². The van der Waals surface area contributed by atoms with Gasteiger partial charge in [-0.25, -0.2) is 0 Å². The van der Waals surface area contributed by atoms with Gasteiger partial charge in [-0.05, 0) is 12.8 Å². The van der Waals surface area contributed by atoms with Gasteiger partial charge in [0.05, 0.1) is 0 Å². The molecule has 1 aliphatic carbocycles. The summed E-state index contributed by atoms with van der Waals surface area (Å²) in [6.45, 7) is 4.11. The number of nitrogens with two attached hydrogens (primary N) is 1. The van der Waals surface area contributed by atoms with Crippen LogP contribution in [0.4, 0.5) is 11.9 Å². The van der Waals surface area contributed by atoms with E-state index in [1.165, 1.54) is 32.1 Å². The molecule has 5 nitrogen and oxygen atoms in total. The fourth-order valence-corrected chi connectivity index (χ4v) is 2.16. The second-order valence-electron chi connectivity index (χ2n) is 5.01. The van der Waals surface area contributed by atoms with E-state index in [2.05, 4.69) is 34.1 Å². The van der Waals surface area contributed by atoms with Gasteiger partial charge in [-0.3, -0.25) is 0 Å². The first-order chi connectivity index (χ1) is 8.15. The van der Waals surface area contributed by atoms with E-state index in [9.17, 15) is 0 Å². The molecule has 0 spiro atoms. The normalized spacial score (nSPS) is 17.4. The molecule has 2 rings (SSSR count). The van der Waals surface area contributed by atoms with Gasteiger partial charge in [0.15, 0.2) is 0 Å². The van der Waals surface area contributed by atoms with Crippen LogP contribution >= 0.6 is 0 Å². The highest BCUT2D eigenvalue weighted by atomic mass is 15.2. The van der Waals surface area contributed by atoms with Crippen LogP contribution in [0.25, 0.3) is 0 Å². The molecule has 1 aromatic rings. The zero-order valence-corrected chi connectivity index (χ0v) is 10.6. The van der Waals surface area contributed by atoms with E-state index in [4.69, 9.17) is 5.73 Å². The number of nitrogens with zero attached hydrogens (tertiary/aromatic N) is 3. The zero-order chi connectivity index (χ0) is 12.3. The molecule has 0 radical (unpaired) electrons. The van der Waals surface area contributed by atoms with Crippen LogP contribution in [0.3, 0.4) is 0 Å². The fraction of sp³-hybridized carbons (Fsp3) is 0.750. The number of hydrogen-bond acceptors (Lipinski definition) is 5. The topological polar surface area (TPSA) is 76.7 Å². The largest absolute Gasteiger partial charge is 0.368 e. The van der Waals surface area contributed by atoms with Crippen molar-refractivity contribution in [2.75, 3.05) is 11.1 Å². The molecule has 0 unspecified atom stereocenters. The molecule has 1 aromatic heterocycles. The minimum absolute atomic E-state index is 0.271. The molecule has 1 saturated carbocycles. The minimum atomic E-state index is 0.271. The van der Waals surface area contributed by atoms with Crippen molar-refractivity contribution in [2.24, 2.45) is 0 Å². The average Bonchev–Trinajstić information content (AvgIpc) is 2.29.